The molecular formula is C10H16N4O2. The van der Waals surface area contributed by atoms with Crippen molar-refractivity contribution >= 4 is 5.97 Å². The molecule has 2 rings (SSSR count). The van der Waals surface area contributed by atoms with Gasteiger partial charge >= 0.3 is 5.97 Å². The Morgan fingerprint density at radius 2 is 2.56 bits per heavy atom. The molecule has 1 aromatic heterocycles. The highest BCUT2D eigenvalue weighted by atomic mass is 16.5. The van der Waals surface area contributed by atoms with E-state index in [0.717, 1.165) is 19.5 Å². The Balaban J connectivity index is 1.94. The maximum Gasteiger partial charge on any atom is 0.360 e. The summed E-state index contributed by atoms with van der Waals surface area (Å²) in [6.07, 6.45) is 5.26. The first-order chi connectivity index (χ1) is 7.79. The summed E-state index contributed by atoms with van der Waals surface area (Å²) in [5.74, 6) is -0.442. The van der Waals surface area contributed by atoms with E-state index in [0.29, 0.717) is 6.04 Å². The van der Waals surface area contributed by atoms with Gasteiger partial charge in [0, 0.05) is 6.04 Å². The number of carbonyl (C=O) groups excluding carboxylic acids is 1. The second-order valence-corrected chi connectivity index (χ2v) is 3.96. The minimum Gasteiger partial charge on any atom is -0.464 e. The second kappa shape index (κ2) is 5.07. The summed E-state index contributed by atoms with van der Waals surface area (Å²) in [6, 6.07) is 0.431. The van der Waals surface area contributed by atoms with Crippen LogP contribution in [-0.4, -0.2) is 40.7 Å². The van der Waals surface area contributed by atoms with Crippen LogP contribution in [0.3, 0.4) is 0 Å². The fraction of sp³-hybridized carbons (Fsp3) is 0.700. The number of rotatable bonds is 3. The summed E-state index contributed by atoms with van der Waals surface area (Å²) >= 11 is 0. The minimum atomic E-state index is -0.442. The van der Waals surface area contributed by atoms with Crippen molar-refractivity contribution in [2.45, 2.75) is 31.8 Å². The molecule has 1 N–H and O–H groups in total. The zero-order chi connectivity index (χ0) is 11.4. The lowest BCUT2D eigenvalue weighted by Gasteiger charge is -2.22. The van der Waals surface area contributed by atoms with Gasteiger partial charge in [-0.3, -0.25) is 4.68 Å². The Morgan fingerprint density at radius 3 is 3.25 bits per heavy atom. The standard InChI is InChI=1S/C10H16N4O2/c1-16-10(15)9-7-14(13-12-9)6-8-4-2-3-5-11-8/h7-8,11H,2-6H2,1H3/t8-/m0/s1. The lowest BCUT2D eigenvalue weighted by atomic mass is 10.1. The van der Waals surface area contributed by atoms with Gasteiger partial charge in [-0.15, -0.1) is 5.10 Å². The Bertz CT molecular complexity index is 357. The molecule has 0 aromatic carbocycles. The fourth-order valence-corrected chi connectivity index (χ4v) is 1.89. The number of ether oxygens (including phenoxy) is 1. The van der Waals surface area contributed by atoms with E-state index in [-0.39, 0.29) is 5.69 Å². The SMILES string of the molecule is COC(=O)c1cn(C[C@@H]2CCCCN2)nn1. The lowest BCUT2D eigenvalue weighted by Crippen LogP contribution is -2.37. The first-order valence-corrected chi connectivity index (χ1v) is 5.51. The molecule has 1 saturated heterocycles. The highest BCUT2D eigenvalue weighted by Gasteiger charge is 2.15. The number of aromatic nitrogens is 3. The molecule has 6 nitrogen and oxygen atoms in total. The van der Waals surface area contributed by atoms with Crippen molar-refractivity contribution in [3.05, 3.63) is 11.9 Å². The molecule has 1 atom stereocenters. The van der Waals surface area contributed by atoms with Gasteiger partial charge in [0.15, 0.2) is 5.69 Å². The first kappa shape index (κ1) is 11.1. The van der Waals surface area contributed by atoms with Gasteiger partial charge in [0.05, 0.1) is 19.9 Å². The average Bonchev–Trinajstić information content (AvgIpc) is 2.78. The van der Waals surface area contributed by atoms with Gasteiger partial charge in [-0.25, -0.2) is 4.79 Å². The molecule has 88 valence electrons. The van der Waals surface area contributed by atoms with E-state index < -0.39 is 5.97 Å². The van der Waals surface area contributed by atoms with E-state index in [4.69, 9.17) is 0 Å². The Hall–Kier alpha value is -1.43. The van der Waals surface area contributed by atoms with Gasteiger partial charge < -0.3 is 10.1 Å². The predicted octanol–water partition coefficient (Wildman–Crippen LogP) is 0.207. The van der Waals surface area contributed by atoms with Crippen molar-refractivity contribution < 1.29 is 9.53 Å². The van der Waals surface area contributed by atoms with Crippen LogP contribution in [0.2, 0.25) is 0 Å². The smallest absolute Gasteiger partial charge is 0.360 e. The highest BCUT2D eigenvalue weighted by Crippen LogP contribution is 2.08. The minimum absolute atomic E-state index is 0.262. The molecule has 0 bridgehead atoms. The number of hydrogen-bond donors (Lipinski definition) is 1. The third kappa shape index (κ3) is 2.57. The largest absolute Gasteiger partial charge is 0.464 e. The van der Waals surface area contributed by atoms with Crippen LogP contribution in [-0.2, 0) is 11.3 Å². The fourth-order valence-electron chi connectivity index (χ4n) is 1.89. The van der Waals surface area contributed by atoms with Crippen molar-refractivity contribution in [2.24, 2.45) is 0 Å². The number of hydrogen-bond acceptors (Lipinski definition) is 5. The van der Waals surface area contributed by atoms with E-state index in [1.54, 1.807) is 10.9 Å². The molecule has 0 aliphatic carbocycles. The summed E-state index contributed by atoms with van der Waals surface area (Å²) in [7, 11) is 1.34. The molecule has 6 heteroatoms. The number of nitrogens with one attached hydrogen (secondary N) is 1. The molecule has 0 unspecified atom stereocenters. The van der Waals surface area contributed by atoms with E-state index in [9.17, 15) is 4.79 Å². The third-order valence-corrected chi connectivity index (χ3v) is 2.75. The first-order valence-electron chi connectivity index (χ1n) is 5.51. The van der Waals surface area contributed by atoms with Gasteiger partial charge in [-0.1, -0.05) is 11.6 Å². The van der Waals surface area contributed by atoms with Crippen LogP contribution in [0, 0.1) is 0 Å². The normalized spacial score (nSPS) is 20.7. The number of methoxy groups -OCH3 is 1. The zero-order valence-electron chi connectivity index (χ0n) is 9.35. The predicted molar refractivity (Wildman–Crippen MR) is 57.0 cm³/mol. The monoisotopic (exact) mass is 224 g/mol. The van der Waals surface area contributed by atoms with Gasteiger partial charge in [-0.05, 0) is 19.4 Å². The molecule has 1 fully saturated rings. The van der Waals surface area contributed by atoms with Gasteiger partial charge in [0.1, 0.15) is 0 Å². The van der Waals surface area contributed by atoms with Crippen molar-refractivity contribution in [1.82, 2.24) is 20.3 Å². The topological polar surface area (TPSA) is 69.0 Å². The molecular weight excluding hydrogens is 208 g/mol. The van der Waals surface area contributed by atoms with Gasteiger partial charge in [0.2, 0.25) is 0 Å². The van der Waals surface area contributed by atoms with Crippen molar-refractivity contribution in [3.8, 4) is 0 Å². The summed E-state index contributed by atoms with van der Waals surface area (Å²) in [5.41, 5.74) is 0.262. The number of carbonyl (C=O) groups is 1. The summed E-state index contributed by atoms with van der Waals surface area (Å²) in [6.45, 7) is 1.81. The molecule has 2 heterocycles. The van der Waals surface area contributed by atoms with Crippen LogP contribution < -0.4 is 5.32 Å². The molecule has 0 spiro atoms. The molecule has 16 heavy (non-hydrogen) atoms. The highest BCUT2D eigenvalue weighted by molar-refractivity contribution is 5.86. The quantitative estimate of drug-likeness (QED) is 0.743. The summed E-state index contributed by atoms with van der Waals surface area (Å²) in [4.78, 5) is 11.2. The van der Waals surface area contributed by atoms with Crippen molar-refractivity contribution in [1.29, 1.82) is 0 Å². The van der Waals surface area contributed by atoms with Crippen molar-refractivity contribution in [2.75, 3.05) is 13.7 Å². The molecule has 1 aromatic rings. The van der Waals surface area contributed by atoms with Gasteiger partial charge in [0.25, 0.3) is 0 Å². The average molecular weight is 224 g/mol. The van der Waals surface area contributed by atoms with Crippen LogP contribution in [0.5, 0.6) is 0 Å². The molecule has 0 saturated carbocycles. The Morgan fingerprint density at radius 1 is 1.69 bits per heavy atom. The van der Waals surface area contributed by atoms with Crippen LogP contribution in [0.1, 0.15) is 29.8 Å². The molecule has 0 radical (unpaired) electrons. The van der Waals surface area contributed by atoms with Crippen LogP contribution in [0.25, 0.3) is 0 Å². The van der Waals surface area contributed by atoms with Crippen LogP contribution in [0.4, 0.5) is 0 Å². The van der Waals surface area contributed by atoms with E-state index in [2.05, 4.69) is 20.4 Å². The maximum atomic E-state index is 11.2. The molecule has 0 amide bonds. The van der Waals surface area contributed by atoms with Gasteiger partial charge in [-0.2, -0.15) is 0 Å². The van der Waals surface area contributed by atoms with E-state index >= 15 is 0 Å². The van der Waals surface area contributed by atoms with E-state index in [1.807, 2.05) is 0 Å². The number of nitrogens with zero attached hydrogens (tertiary/aromatic N) is 3. The van der Waals surface area contributed by atoms with Crippen molar-refractivity contribution in [3.63, 3.8) is 0 Å². The third-order valence-electron chi connectivity index (χ3n) is 2.75. The molecule has 1 aliphatic heterocycles. The Labute approximate surface area is 94.0 Å². The van der Waals surface area contributed by atoms with Crippen LogP contribution >= 0.6 is 0 Å². The lowest BCUT2D eigenvalue weighted by molar-refractivity contribution is 0.0594. The summed E-state index contributed by atoms with van der Waals surface area (Å²) < 4.78 is 6.26. The zero-order valence-corrected chi connectivity index (χ0v) is 9.35. The molecule has 1 aliphatic rings. The number of esters is 1. The van der Waals surface area contributed by atoms with Crippen LogP contribution in [0.15, 0.2) is 6.20 Å². The second-order valence-electron chi connectivity index (χ2n) is 3.96. The Kier molecular flexibility index (Phi) is 3.51. The number of piperidine rings is 1. The maximum absolute atomic E-state index is 11.2. The summed E-state index contributed by atoms with van der Waals surface area (Å²) in [5, 5.41) is 11.1. The van der Waals surface area contributed by atoms with E-state index in [1.165, 1.54) is 20.0 Å².